The lowest BCUT2D eigenvalue weighted by Crippen LogP contribution is -2.24. The zero-order chi connectivity index (χ0) is 19.8. The fourth-order valence-electron chi connectivity index (χ4n) is 3.04. The molecule has 4 nitrogen and oxygen atoms in total. The molecule has 0 radical (unpaired) electrons. The first-order valence-corrected chi connectivity index (χ1v) is 10.3. The van der Waals surface area contributed by atoms with Crippen molar-refractivity contribution in [2.75, 3.05) is 5.32 Å². The molecule has 3 rings (SSSR count). The highest BCUT2D eigenvalue weighted by atomic mass is 32.1. The molecule has 0 saturated heterocycles. The van der Waals surface area contributed by atoms with Crippen molar-refractivity contribution in [1.82, 2.24) is 5.32 Å². The topological polar surface area (TPSA) is 58.2 Å². The Bertz CT molecular complexity index is 890. The third-order valence-electron chi connectivity index (χ3n) is 4.55. The Morgan fingerprint density at radius 3 is 2.36 bits per heavy atom. The molecule has 0 aliphatic carbocycles. The van der Waals surface area contributed by atoms with E-state index in [2.05, 4.69) is 10.6 Å². The van der Waals surface area contributed by atoms with E-state index in [-0.39, 0.29) is 17.7 Å². The molecule has 1 aromatic heterocycles. The normalized spacial score (nSPS) is 11.6. The molecule has 2 aromatic carbocycles. The van der Waals surface area contributed by atoms with Gasteiger partial charge >= 0.3 is 0 Å². The summed E-state index contributed by atoms with van der Waals surface area (Å²) in [5, 5.41) is 7.90. The minimum Gasteiger partial charge on any atom is -0.351 e. The number of amides is 2. The van der Waals surface area contributed by atoms with Gasteiger partial charge in [0.2, 0.25) is 11.8 Å². The van der Waals surface area contributed by atoms with Crippen molar-refractivity contribution in [2.45, 2.75) is 32.2 Å². The third-order valence-corrected chi connectivity index (χ3v) is 5.43. The standard InChI is InChI=1S/C23H24N2O2S/c1-2-21(18-7-4-3-5-8-18)23(27)25-19-12-10-17(11-13-19)15-22(26)24-16-20-9-6-14-28-20/h3-14,21H,2,15-16H2,1H3,(H,24,26)(H,25,27). The number of hydrogen-bond acceptors (Lipinski definition) is 3. The van der Waals surface area contributed by atoms with Crippen molar-refractivity contribution < 1.29 is 9.59 Å². The molecular formula is C23H24N2O2S. The van der Waals surface area contributed by atoms with Crippen molar-refractivity contribution in [3.8, 4) is 0 Å². The predicted octanol–water partition coefficient (Wildman–Crippen LogP) is 4.74. The second-order valence-corrected chi connectivity index (χ2v) is 7.62. The van der Waals surface area contributed by atoms with Gasteiger partial charge in [-0.25, -0.2) is 0 Å². The zero-order valence-electron chi connectivity index (χ0n) is 15.9. The van der Waals surface area contributed by atoms with Gasteiger partial charge in [-0.15, -0.1) is 11.3 Å². The predicted molar refractivity (Wildman–Crippen MR) is 114 cm³/mol. The Balaban J connectivity index is 1.53. The monoisotopic (exact) mass is 392 g/mol. The number of benzene rings is 2. The van der Waals surface area contributed by atoms with Crippen LogP contribution in [0.2, 0.25) is 0 Å². The van der Waals surface area contributed by atoms with Crippen LogP contribution in [0.4, 0.5) is 5.69 Å². The van der Waals surface area contributed by atoms with E-state index in [1.807, 2.05) is 79.0 Å². The van der Waals surface area contributed by atoms with Crippen molar-refractivity contribution >= 4 is 28.8 Å². The molecule has 0 bridgehead atoms. The summed E-state index contributed by atoms with van der Waals surface area (Å²) in [7, 11) is 0. The van der Waals surface area contributed by atoms with Gasteiger partial charge in [0, 0.05) is 10.6 Å². The molecular weight excluding hydrogens is 368 g/mol. The molecule has 0 aliphatic rings. The highest BCUT2D eigenvalue weighted by Crippen LogP contribution is 2.21. The van der Waals surface area contributed by atoms with Crippen molar-refractivity contribution in [2.24, 2.45) is 0 Å². The summed E-state index contributed by atoms with van der Waals surface area (Å²) < 4.78 is 0. The molecule has 1 heterocycles. The quantitative estimate of drug-likeness (QED) is 0.582. The van der Waals surface area contributed by atoms with Gasteiger partial charge in [0.25, 0.3) is 0 Å². The van der Waals surface area contributed by atoms with Crippen LogP contribution in [0.25, 0.3) is 0 Å². The molecule has 0 fully saturated rings. The molecule has 2 amide bonds. The van der Waals surface area contributed by atoms with E-state index < -0.39 is 0 Å². The Labute approximate surface area is 169 Å². The van der Waals surface area contributed by atoms with E-state index in [9.17, 15) is 9.59 Å². The zero-order valence-corrected chi connectivity index (χ0v) is 16.7. The Hall–Kier alpha value is -2.92. The average Bonchev–Trinajstić information content (AvgIpc) is 3.23. The molecule has 0 aliphatic heterocycles. The van der Waals surface area contributed by atoms with E-state index in [1.165, 1.54) is 0 Å². The van der Waals surface area contributed by atoms with Crippen LogP contribution in [0.5, 0.6) is 0 Å². The maximum atomic E-state index is 12.6. The number of thiophene rings is 1. The Morgan fingerprint density at radius 1 is 0.964 bits per heavy atom. The summed E-state index contributed by atoms with van der Waals surface area (Å²) in [6.07, 6.45) is 1.06. The summed E-state index contributed by atoms with van der Waals surface area (Å²) in [6, 6.07) is 21.2. The van der Waals surface area contributed by atoms with Crippen molar-refractivity contribution in [3.63, 3.8) is 0 Å². The van der Waals surface area contributed by atoms with Crippen molar-refractivity contribution in [3.05, 3.63) is 88.1 Å². The smallest absolute Gasteiger partial charge is 0.231 e. The molecule has 144 valence electrons. The molecule has 28 heavy (non-hydrogen) atoms. The molecule has 5 heteroatoms. The van der Waals surface area contributed by atoms with Crippen molar-refractivity contribution in [1.29, 1.82) is 0 Å². The fourth-order valence-corrected chi connectivity index (χ4v) is 3.68. The van der Waals surface area contributed by atoms with Gasteiger partial charge in [-0.2, -0.15) is 0 Å². The minimum atomic E-state index is -0.177. The lowest BCUT2D eigenvalue weighted by Gasteiger charge is -2.15. The second kappa shape index (κ2) is 9.85. The summed E-state index contributed by atoms with van der Waals surface area (Å²) in [6.45, 7) is 2.57. The van der Waals surface area contributed by atoms with Gasteiger partial charge in [-0.3, -0.25) is 9.59 Å². The first kappa shape index (κ1) is 19.8. The van der Waals surface area contributed by atoms with Crippen LogP contribution in [-0.4, -0.2) is 11.8 Å². The Kier molecular flexibility index (Phi) is 6.98. The van der Waals surface area contributed by atoms with Gasteiger partial charge in [-0.1, -0.05) is 55.5 Å². The molecule has 0 saturated carbocycles. The van der Waals surface area contributed by atoms with E-state index in [0.29, 0.717) is 13.0 Å². The van der Waals surface area contributed by atoms with Gasteiger partial charge in [0.1, 0.15) is 0 Å². The van der Waals surface area contributed by atoms with E-state index in [0.717, 1.165) is 28.1 Å². The lowest BCUT2D eigenvalue weighted by atomic mass is 9.95. The highest BCUT2D eigenvalue weighted by molar-refractivity contribution is 7.09. The maximum absolute atomic E-state index is 12.6. The molecule has 0 spiro atoms. The van der Waals surface area contributed by atoms with Crippen LogP contribution in [0.15, 0.2) is 72.1 Å². The minimum absolute atomic E-state index is 0.0136. The number of anilines is 1. The molecule has 3 aromatic rings. The number of rotatable bonds is 8. The largest absolute Gasteiger partial charge is 0.351 e. The van der Waals surface area contributed by atoms with Crippen LogP contribution < -0.4 is 10.6 Å². The molecule has 2 N–H and O–H groups in total. The second-order valence-electron chi connectivity index (χ2n) is 6.59. The van der Waals surface area contributed by atoms with Crippen LogP contribution in [-0.2, 0) is 22.6 Å². The summed E-state index contributed by atoms with van der Waals surface area (Å²) in [4.78, 5) is 25.8. The highest BCUT2D eigenvalue weighted by Gasteiger charge is 2.18. The summed E-state index contributed by atoms with van der Waals surface area (Å²) >= 11 is 1.63. The number of carbonyl (C=O) groups is 2. The number of nitrogens with one attached hydrogen (secondary N) is 2. The molecule has 1 atom stereocenters. The maximum Gasteiger partial charge on any atom is 0.231 e. The van der Waals surface area contributed by atoms with E-state index in [1.54, 1.807) is 11.3 Å². The lowest BCUT2D eigenvalue weighted by molar-refractivity contribution is -0.120. The van der Waals surface area contributed by atoms with E-state index in [4.69, 9.17) is 0 Å². The van der Waals surface area contributed by atoms with Crippen LogP contribution in [0.1, 0.15) is 35.3 Å². The van der Waals surface area contributed by atoms with Gasteiger partial charge in [-0.05, 0) is 41.1 Å². The SMILES string of the molecule is CCC(C(=O)Nc1ccc(CC(=O)NCc2cccs2)cc1)c1ccccc1. The average molecular weight is 393 g/mol. The van der Waals surface area contributed by atoms with Crippen LogP contribution >= 0.6 is 11.3 Å². The molecule has 1 unspecified atom stereocenters. The Morgan fingerprint density at radius 2 is 1.71 bits per heavy atom. The van der Waals surface area contributed by atoms with E-state index >= 15 is 0 Å². The van der Waals surface area contributed by atoms with Gasteiger partial charge in [0.05, 0.1) is 18.9 Å². The van der Waals surface area contributed by atoms with Crippen LogP contribution in [0, 0.1) is 0 Å². The summed E-state index contributed by atoms with van der Waals surface area (Å²) in [5.41, 5.74) is 2.67. The first-order chi connectivity index (χ1) is 13.7. The number of hydrogen-bond donors (Lipinski definition) is 2. The van der Waals surface area contributed by atoms with Crippen LogP contribution in [0.3, 0.4) is 0 Å². The first-order valence-electron chi connectivity index (χ1n) is 9.39. The fraction of sp³-hybridized carbons (Fsp3) is 0.217. The summed E-state index contributed by atoms with van der Waals surface area (Å²) in [5.74, 6) is -0.209. The van der Waals surface area contributed by atoms with Gasteiger partial charge < -0.3 is 10.6 Å². The van der Waals surface area contributed by atoms with Gasteiger partial charge in [0.15, 0.2) is 0 Å². The third kappa shape index (κ3) is 5.54. The number of carbonyl (C=O) groups excluding carboxylic acids is 2.